The van der Waals surface area contributed by atoms with Gasteiger partial charge in [-0.15, -0.1) is 0 Å². The van der Waals surface area contributed by atoms with Gasteiger partial charge in [-0.05, 0) is 31.7 Å². The number of nitrogens with two attached hydrogens (primary N) is 1. The number of likely N-dealkylation sites (N-methyl/N-ethyl adjacent to an activating group) is 1. The highest BCUT2D eigenvalue weighted by Crippen LogP contribution is 2.50. The molecule has 0 aliphatic heterocycles. The lowest BCUT2D eigenvalue weighted by molar-refractivity contribution is -0.178. The van der Waals surface area contributed by atoms with Gasteiger partial charge in [0.15, 0.2) is 0 Å². The van der Waals surface area contributed by atoms with Gasteiger partial charge in [0.2, 0.25) is 5.91 Å². The molecule has 1 amide bonds. The molecule has 134 valence electrons. The molecular weight excluding hydrogens is 300 g/mol. The first-order valence-corrected chi connectivity index (χ1v) is 9.03. The van der Waals surface area contributed by atoms with Crippen LogP contribution in [-0.2, 0) is 16.0 Å². The van der Waals surface area contributed by atoms with Gasteiger partial charge in [0, 0.05) is 32.0 Å². The number of carbonyl (C=O) groups is 1. The minimum atomic E-state index is -0.805. The van der Waals surface area contributed by atoms with Crippen LogP contribution < -0.4 is 5.73 Å². The van der Waals surface area contributed by atoms with Crippen LogP contribution in [0.1, 0.15) is 45.6 Å². The van der Waals surface area contributed by atoms with E-state index in [2.05, 4.69) is 24.3 Å². The molecule has 0 heterocycles. The van der Waals surface area contributed by atoms with Crippen molar-refractivity contribution in [2.45, 2.75) is 58.1 Å². The molecule has 1 saturated carbocycles. The van der Waals surface area contributed by atoms with Crippen molar-refractivity contribution < 1.29 is 9.53 Å². The van der Waals surface area contributed by atoms with Crippen molar-refractivity contribution in [3.63, 3.8) is 0 Å². The third-order valence-corrected chi connectivity index (χ3v) is 5.61. The van der Waals surface area contributed by atoms with Crippen molar-refractivity contribution in [3.05, 3.63) is 35.9 Å². The van der Waals surface area contributed by atoms with E-state index in [0.717, 1.165) is 25.8 Å². The Morgan fingerprint density at radius 1 is 1.29 bits per heavy atom. The molecule has 1 aromatic rings. The second-order valence-corrected chi connectivity index (χ2v) is 7.51. The van der Waals surface area contributed by atoms with Crippen LogP contribution in [0.5, 0.6) is 0 Å². The maximum atomic E-state index is 12.8. The van der Waals surface area contributed by atoms with E-state index in [-0.39, 0.29) is 17.4 Å². The Hall–Kier alpha value is -1.39. The Morgan fingerprint density at radius 3 is 2.54 bits per heavy atom. The summed E-state index contributed by atoms with van der Waals surface area (Å²) in [4.78, 5) is 14.6. The monoisotopic (exact) mass is 332 g/mol. The number of nitrogens with zero attached hydrogens (tertiary/aromatic N) is 1. The van der Waals surface area contributed by atoms with Gasteiger partial charge in [-0.25, -0.2) is 0 Å². The summed E-state index contributed by atoms with van der Waals surface area (Å²) in [5, 5.41) is 0. The van der Waals surface area contributed by atoms with E-state index in [9.17, 15) is 4.79 Å². The molecule has 24 heavy (non-hydrogen) atoms. The van der Waals surface area contributed by atoms with E-state index in [1.165, 1.54) is 5.56 Å². The number of aryl methyl sites for hydroxylation is 1. The summed E-state index contributed by atoms with van der Waals surface area (Å²) in [5.41, 5.74) is 6.69. The third-order valence-electron chi connectivity index (χ3n) is 5.61. The minimum absolute atomic E-state index is 0.0446. The summed E-state index contributed by atoms with van der Waals surface area (Å²) in [7, 11) is 1.86. The Kier molecular flexibility index (Phi) is 6.05. The molecular formula is C20H32N2O2. The molecule has 4 heteroatoms. The van der Waals surface area contributed by atoms with Crippen molar-refractivity contribution in [2.75, 3.05) is 20.2 Å². The molecule has 2 atom stereocenters. The molecule has 2 unspecified atom stereocenters. The van der Waals surface area contributed by atoms with Crippen LogP contribution in [-0.4, -0.2) is 42.6 Å². The molecule has 2 N–H and O–H groups in total. The fraction of sp³-hybridized carbons (Fsp3) is 0.650. The normalized spacial score (nSPS) is 25.1. The highest BCUT2D eigenvalue weighted by molar-refractivity contribution is 5.88. The Morgan fingerprint density at radius 2 is 1.96 bits per heavy atom. The fourth-order valence-corrected chi connectivity index (χ4v) is 3.56. The van der Waals surface area contributed by atoms with E-state index in [1.54, 1.807) is 4.90 Å². The maximum absolute atomic E-state index is 12.8. The number of unbranched alkanes of at least 4 members (excludes halogenated alkanes) is 1. The van der Waals surface area contributed by atoms with E-state index in [1.807, 2.05) is 33.9 Å². The second kappa shape index (κ2) is 7.66. The Bertz CT molecular complexity index is 544. The first kappa shape index (κ1) is 18.9. The van der Waals surface area contributed by atoms with Gasteiger partial charge >= 0.3 is 0 Å². The molecule has 1 fully saturated rings. The standard InChI is InChI=1S/C20H32N2O2/c1-5-24-17-15-20(21,19(17,2)3)18(23)22(4)14-10-9-13-16-11-7-6-8-12-16/h6-8,11-12,17H,5,9-10,13-15,21H2,1-4H3. The number of benzene rings is 1. The van der Waals surface area contributed by atoms with E-state index in [0.29, 0.717) is 13.0 Å². The van der Waals surface area contributed by atoms with Crippen LogP contribution in [0.3, 0.4) is 0 Å². The van der Waals surface area contributed by atoms with Crippen LogP contribution in [0.2, 0.25) is 0 Å². The molecule has 0 spiro atoms. The molecule has 1 aromatic carbocycles. The number of rotatable bonds is 8. The van der Waals surface area contributed by atoms with Crippen molar-refractivity contribution in [3.8, 4) is 0 Å². The van der Waals surface area contributed by atoms with Crippen LogP contribution in [0.15, 0.2) is 30.3 Å². The first-order chi connectivity index (χ1) is 11.3. The highest BCUT2D eigenvalue weighted by Gasteiger charge is 2.63. The smallest absolute Gasteiger partial charge is 0.243 e. The Balaban J connectivity index is 1.80. The number of ether oxygens (including phenoxy) is 1. The number of amides is 1. The van der Waals surface area contributed by atoms with Gasteiger partial charge in [-0.3, -0.25) is 4.79 Å². The molecule has 1 aliphatic rings. The van der Waals surface area contributed by atoms with Crippen molar-refractivity contribution in [1.82, 2.24) is 4.90 Å². The maximum Gasteiger partial charge on any atom is 0.243 e. The number of hydrogen-bond donors (Lipinski definition) is 1. The van der Waals surface area contributed by atoms with Gasteiger partial charge in [0.25, 0.3) is 0 Å². The zero-order valence-electron chi connectivity index (χ0n) is 15.5. The lowest BCUT2D eigenvalue weighted by Crippen LogP contribution is -2.75. The number of hydrogen-bond acceptors (Lipinski definition) is 3. The van der Waals surface area contributed by atoms with Gasteiger partial charge in [0.1, 0.15) is 5.54 Å². The van der Waals surface area contributed by atoms with Crippen LogP contribution in [0, 0.1) is 5.41 Å². The second-order valence-electron chi connectivity index (χ2n) is 7.51. The van der Waals surface area contributed by atoms with Crippen LogP contribution >= 0.6 is 0 Å². The number of carbonyl (C=O) groups excluding carboxylic acids is 1. The zero-order chi connectivity index (χ0) is 17.8. The van der Waals surface area contributed by atoms with Gasteiger partial charge in [0.05, 0.1) is 6.10 Å². The van der Waals surface area contributed by atoms with Crippen molar-refractivity contribution >= 4 is 5.91 Å². The van der Waals surface area contributed by atoms with Crippen molar-refractivity contribution in [2.24, 2.45) is 11.1 Å². The summed E-state index contributed by atoms with van der Waals surface area (Å²) < 4.78 is 5.72. The summed E-state index contributed by atoms with van der Waals surface area (Å²) in [6.07, 6.45) is 3.80. The quantitative estimate of drug-likeness (QED) is 0.745. The van der Waals surface area contributed by atoms with Gasteiger partial charge in [-0.1, -0.05) is 44.2 Å². The van der Waals surface area contributed by atoms with Crippen LogP contribution in [0.25, 0.3) is 0 Å². The summed E-state index contributed by atoms with van der Waals surface area (Å²) in [6.45, 7) is 7.47. The van der Waals surface area contributed by atoms with E-state index >= 15 is 0 Å². The summed E-state index contributed by atoms with van der Waals surface area (Å²) in [5.74, 6) is 0.0446. The van der Waals surface area contributed by atoms with Crippen molar-refractivity contribution in [1.29, 1.82) is 0 Å². The zero-order valence-corrected chi connectivity index (χ0v) is 15.5. The van der Waals surface area contributed by atoms with Crippen LogP contribution in [0.4, 0.5) is 0 Å². The van der Waals surface area contributed by atoms with Gasteiger partial charge in [-0.2, -0.15) is 0 Å². The molecule has 4 nitrogen and oxygen atoms in total. The average molecular weight is 332 g/mol. The summed E-state index contributed by atoms with van der Waals surface area (Å²) >= 11 is 0. The molecule has 0 bridgehead atoms. The third kappa shape index (κ3) is 3.65. The predicted octanol–water partition coefficient (Wildman–Crippen LogP) is 3.00. The highest BCUT2D eigenvalue weighted by atomic mass is 16.5. The summed E-state index contributed by atoms with van der Waals surface area (Å²) in [6, 6.07) is 10.5. The van der Waals surface area contributed by atoms with Gasteiger partial charge < -0.3 is 15.4 Å². The lowest BCUT2D eigenvalue weighted by Gasteiger charge is -2.58. The topological polar surface area (TPSA) is 55.6 Å². The Labute approximate surface area is 146 Å². The molecule has 0 radical (unpaired) electrons. The molecule has 0 saturated heterocycles. The lowest BCUT2D eigenvalue weighted by atomic mass is 9.54. The predicted molar refractivity (Wildman–Crippen MR) is 97.7 cm³/mol. The molecule has 1 aliphatic carbocycles. The average Bonchev–Trinajstić information content (AvgIpc) is 2.58. The minimum Gasteiger partial charge on any atom is -0.378 e. The van der Waals surface area contributed by atoms with E-state index < -0.39 is 5.54 Å². The molecule has 2 rings (SSSR count). The first-order valence-electron chi connectivity index (χ1n) is 9.03. The fourth-order valence-electron chi connectivity index (χ4n) is 3.56. The largest absolute Gasteiger partial charge is 0.378 e. The SMILES string of the molecule is CCOC1CC(N)(C(=O)N(C)CCCCc2ccccc2)C1(C)C. The molecule has 0 aromatic heterocycles. The van der Waals surface area contributed by atoms with E-state index in [4.69, 9.17) is 10.5 Å².